The fourth-order valence-electron chi connectivity index (χ4n) is 1.64. The van der Waals surface area contributed by atoms with Crippen molar-refractivity contribution >= 4 is 15.7 Å². The molecule has 1 fully saturated rings. The van der Waals surface area contributed by atoms with Crippen LogP contribution in [0.2, 0.25) is 0 Å². The summed E-state index contributed by atoms with van der Waals surface area (Å²) >= 11 is 0. The first-order valence-electron chi connectivity index (χ1n) is 6.05. The molecule has 0 saturated heterocycles. The van der Waals surface area contributed by atoms with Crippen molar-refractivity contribution in [2.45, 2.75) is 36.8 Å². The highest BCUT2D eigenvalue weighted by Gasteiger charge is 2.32. The number of amides is 1. The van der Waals surface area contributed by atoms with E-state index in [1.807, 2.05) is 6.07 Å². The molecule has 1 N–H and O–H groups in total. The van der Waals surface area contributed by atoms with Crippen LogP contribution in [-0.4, -0.2) is 25.6 Å². The predicted octanol–water partition coefficient (Wildman–Crippen LogP) is 1.27. The third-order valence-electron chi connectivity index (χ3n) is 3.04. The Balaban J connectivity index is 2.03. The number of hydrogen-bond donors (Lipinski definition) is 1. The Morgan fingerprint density at radius 1 is 1.33 bits per heavy atom. The van der Waals surface area contributed by atoms with E-state index in [9.17, 15) is 13.2 Å². The lowest BCUT2D eigenvalue weighted by Gasteiger charge is -2.13. The van der Waals surface area contributed by atoms with Gasteiger partial charge in [0.2, 0.25) is 5.91 Å². The van der Waals surface area contributed by atoms with Crippen LogP contribution in [0.3, 0.4) is 0 Å². The summed E-state index contributed by atoms with van der Waals surface area (Å²) in [6.07, 6.45) is 1.91. The minimum absolute atomic E-state index is 0.0902. The maximum atomic E-state index is 12.1. The van der Waals surface area contributed by atoms with Crippen LogP contribution in [0.4, 0.5) is 0 Å². The Morgan fingerprint density at radius 2 is 1.94 bits per heavy atom. The molecule has 18 heavy (non-hydrogen) atoms. The first kappa shape index (κ1) is 13.1. The third-order valence-corrected chi connectivity index (χ3v) is 5.07. The van der Waals surface area contributed by atoms with Crippen LogP contribution < -0.4 is 5.32 Å². The molecule has 0 bridgehead atoms. The number of sulfone groups is 1. The van der Waals surface area contributed by atoms with E-state index in [-0.39, 0.29) is 17.7 Å². The molecule has 4 nitrogen and oxygen atoms in total. The first-order valence-corrected chi connectivity index (χ1v) is 7.76. The molecular formula is C13H17NO3S. The molecule has 1 atom stereocenters. The Kier molecular flexibility index (Phi) is 3.71. The molecule has 1 aromatic carbocycles. The summed E-state index contributed by atoms with van der Waals surface area (Å²) in [6, 6.07) is 9.11. The van der Waals surface area contributed by atoms with E-state index in [1.165, 1.54) is 6.92 Å². The number of benzene rings is 1. The Labute approximate surface area is 107 Å². The van der Waals surface area contributed by atoms with Gasteiger partial charge in [0, 0.05) is 6.04 Å². The van der Waals surface area contributed by atoms with Crippen LogP contribution in [0.5, 0.6) is 0 Å². The second-order valence-corrected chi connectivity index (χ2v) is 7.04. The van der Waals surface area contributed by atoms with Crippen LogP contribution in [-0.2, 0) is 20.4 Å². The van der Waals surface area contributed by atoms with E-state index in [4.69, 9.17) is 0 Å². The SMILES string of the molecule is C[C@@H](C(=O)NC1CC1)S(=O)(=O)Cc1ccccc1. The van der Waals surface area contributed by atoms with Gasteiger partial charge in [-0.25, -0.2) is 8.42 Å². The minimum Gasteiger partial charge on any atom is -0.352 e. The average Bonchev–Trinajstić information content (AvgIpc) is 3.12. The molecule has 98 valence electrons. The van der Waals surface area contributed by atoms with Crippen LogP contribution in [0.25, 0.3) is 0 Å². The fourth-order valence-corrected chi connectivity index (χ4v) is 2.94. The van der Waals surface area contributed by atoms with Gasteiger partial charge >= 0.3 is 0 Å². The van der Waals surface area contributed by atoms with Crippen molar-refractivity contribution in [3.05, 3.63) is 35.9 Å². The second-order valence-electron chi connectivity index (χ2n) is 4.72. The summed E-state index contributed by atoms with van der Waals surface area (Å²) in [5, 5.41) is 1.74. The third kappa shape index (κ3) is 3.32. The van der Waals surface area contributed by atoms with Gasteiger partial charge in [-0.05, 0) is 25.3 Å². The van der Waals surface area contributed by atoms with Crippen LogP contribution in [0.1, 0.15) is 25.3 Å². The van der Waals surface area contributed by atoms with Gasteiger partial charge in [0.1, 0.15) is 5.25 Å². The molecule has 5 heteroatoms. The minimum atomic E-state index is -3.44. The second kappa shape index (κ2) is 5.10. The topological polar surface area (TPSA) is 63.2 Å². The van der Waals surface area contributed by atoms with E-state index in [0.717, 1.165) is 12.8 Å². The summed E-state index contributed by atoms with van der Waals surface area (Å²) in [7, 11) is -3.44. The summed E-state index contributed by atoms with van der Waals surface area (Å²) in [6.45, 7) is 1.45. The summed E-state index contributed by atoms with van der Waals surface area (Å²) < 4.78 is 24.2. The quantitative estimate of drug-likeness (QED) is 0.873. The van der Waals surface area contributed by atoms with Crippen LogP contribution in [0, 0.1) is 0 Å². The number of nitrogens with one attached hydrogen (secondary N) is 1. The van der Waals surface area contributed by atoms with Crippen molar-refractivity contribution in [2.75, 3.05) is 0 Å². The summed E-state index contributed by atoms with van der Waals surface area (Å²) in [4.78, 5) is 11.7. The molecule has 2 rings (SSSR count). The number of hydrogen-bond acceptors (Lipinski definition) is 3. The number of carbonyl (C=O) groups excluding carboxylic acids is 1. The van der Waals surface area contributed by atoms with Crippen molar-refractivity contribution in [1.29, 1.82) is 0 Å². The lowest BCUT2D eigenvalue weighted by Crippen LogP contribution is -2.39. The lowest BCUT2D eigenvalue weighted by atomic mass is 10.2. The highest BCUT2D eigenvalue weighted by Crippen LogP contribution is 2.20. The predicted molar refractivity (Wildman–Crippen MR) is 69.7 cm³/mol. The van der Waals surface area contributed by atoms with Gasteiger partial charge in [-0.15, -0.1) is 0 Å². The normalized spacial score (nSPS) is 17.2. The van der Waals surface area contributed by atoms with Crippen molar-refractivity contribution in [3.63, 3.8) is 0 Å². The Hall–Kier alpha value is -1.36. The zero-order valence-electron chi connectivity index (χ0n) is 10.3. The molecule has 1 saturated carbocycles. The van der Waals surface area contributed by atoms with Crippen molar-refractivity contribution in [2.24, 2.45) is 0 Å². The molecule has 1 amide bonds. The van der Waals surface area contributed by atoms with Crippen LogP contribution >= 0.6 is 0 Å². The largest absolute Gasteiger partial charge is 0.352 e. The molecule has 0 unspecified atom stereocenters. The number of rotatable bonds is 5. The fraction of sp³-hybridized carbons (Fsp3) is 0.462. The average molecular weight is 267 g/mol. The number of carbonyl (C=O) groups is 1. The lowest BCUT2D eigenvalue weighted by molar-refractivity contribution is -0.120. The Morgan fingerprint density at radius 3 is 2.50 bits per heavy atom. The Bertz CT molecular complexity index is 520. The molecule has 0 heterocycles. The molecule has 0 aliphatic heterocycles. The highest BCUT2D eigenvalue weighted by molar-refractivity contribution is 7.92. The van der Waals surface area contributed by atoms with E-state index in [0.29, 0.717) is 5.56 Å². The van der Waals surface area contributed by atoms with Gasteiger partial charge in [0.25, 0.3) is 0 Å². The van der Waals surface area contributed by atoms with E-state index in [1.54, 1.807) is 24.3 Å². The molecule has 0 radical (unpaired) electrons. The molecular weight excluding hydrogens is 250 g/mol. The first-order chi connectivity index (χ1) is 8.49. The van der Waals surface area contributed by atoms with Crippen LogP contribution in [0.15, 0.2) is 30.3 Å². The van der Waals surface area contributed by atoms with Gasteiger partial charge in [-0.3, -0.25) is 4.79 Å². The summed E-state index contributed by atoms with van der Waals surface area (Å²) in [5.41, 5.74) is 0.712. The van der Waals surface area contributed by atoms with Gasteiger partial charge in [0.15, 0.2) is 9.84 Å². The molecule has 0 aromatic heterocycles. The molecule has 1 aromatic rings. The zero-order valence-corrected chi connectivity index (χ0v) is 11.1. The van der Waals surface area contributed by atoms with Gasteiger partial charge in [-0.2, -0.15) is 0 Å². The van der Waals surface area contributed by atoms with Crippen molar-refractivity contribution in [1.82, 2.24) is 5.32 Å². The zero-order chi connectivity index (χ0) is 13.2. The molecule has 0 spiro atoms. The molecule has 1 aliphatic rings. The van der Waals surface area contributed by atoms with Crippen molar-refractivity contribution < 1.29 is 13.2 Å². The smallest absolute Gasteiger partial charge is 0.238 e. The monoisotopic (exact) mass is 267 g/mol. The highest BCUT2D eigenvalue weighted by atomic mass is 32.2. The summed E-state index contributed by atoms with van der Waals surface area (Å²) in [5.74, 6) is -0.471. The van der Waals surface area contributed by atoms with E-state index in [2.05, 4.69) is 5.32 Å². The van der Waals surface area contributed by atoms with Gasteiger partial charge < -0.3 is 5.32 Å². The standard InChI is InChI=1S/C13H17NO3S/c1-10(13(15)14-12-7-8-12)18(16,17)9-11-5-3-2-4-6-11/h2-6,10,12H,7-9H2,1H3,(H,14,15)/t10-/m0/s1. The molecule has 1 aliphatic carbocycles. The van der Waals surface area contributed by atoms with Gasteiger partial charge in [-0.1, -0.05) is 30.3 Å². The van der Waals surface area contributed by atoms with E-state index >= 15 is 0 Å². The maximum Gasteiger partial charge on any atom is 0.238 e. The maximum absolute atomic E-state index is 12.1. The van der Waals surface area contributed by atoms with Crippen molar-refractivity contribution in [3.8, 4) is 0 Å². The van der Waals surface area contributed by atoms with E-state index < -0.39 is 15.1 Å². The van der Waals surface area contributed by atoms with Gasteiger partial charge in [0.05, 0.1) is 5.75 Å².